The van der Waals surface area contributed by atoms with Crippen LogP contribution in [0, 0.1) is 0 Å². The third-order valence-corrected chi connectivity index (χ3v) is 4.11. The second kappa shape index (κ2) is 7.40. The summed E-state index contributed by atoms with van der Waals surface area (Å²) in [6.07, 6.45) is -0.0683. The quantitative estimate of drug-likeness (QED) is 0.755. The number of ether oxygens (including phenoxy) is 1. The van der Waals surface area contributed by atoms with Gasteiger partial charge >= 0.3 is 0 Å². The van der Waals surface area contributed by atoms with Crippen LogP contribution in [0.2, 0.25) is 0 Å². The van der Waals surface area contributed by atoms with Crippen LogP contribution in [0.15, 0.2) is 53.5 Å². The van der Waals surface area contributed by atoms with Gasteiger partial charge in [0, 0.05) is 12.3 Å². The number of aromatic nitrogens is 1. The molecule has 1 aliphatic heterocycles. The van der Waals surface area contributed by atoms with Crippen molar-refractivity contribution in [2.75, 3.05) is 13.1 Å². The number of amides is 2. The number of hydrogen-bond donors (Lipinski definition) is 2. The summed E-state index contributed by atoms with van der Waals surface area (Å²) in [5, 5.41) is 10.2. The Bertz CT molecular complexity index is 865. The van der Waals surface area contributed by atoms with Crippen molar-refractivity contribution in [2.24, 2.45) is 5.73 Å². The Morgan fingerprint density at radius 2 is 1.88 bits per heavy atom. The molecule has 1 aromatic carbocycles. The second-order valence-corrected chi connectivity index (χ2v) is 6.10. The third-order valence-electron chi connectivity index (χ3n) is 4.11. The van der Waals surface area contributed by atoms with Crippen molar-refractivity contribution in [1.82, 2.24) is 9.47 Å². The van der Waals surface area contributed by atoms with E-state index in [4.69, 9.17) is 10.5 Å². The minimum atomic E-state index is -0.823. The molecule has 1 saturated heterocycles. The Kier molecular flexibility index (Phi) is 5.04. The zero-order valence-electron chi connectivity index (χ0n) is 13.9. The van der Waals surface area contributed by atoms with E-state index in [1.54, 1.807) is 12.1 Å². The molecule has 3 rings (SSSR count). The first-order chi connectivity index (χ1) is 12.4. The van der Waals surface area contributed by atoms with Crippen LogP contribution < -0.4 is 16.0 Å². The first-order valence-electron chi connectivity index (χ1n) is 8.12. The van der Waals surface area contributed by atoms with Crippen molar-refractivity contribution in [3.63, 3.8) is 0 Å². The largest absolute Gasteiger partial charge is 0.486 e. The smallest absolute Gasteiger partial charge is 0.255 e. The number of nitrogens with zero attached hydrogens (tertiary/aromatic N) is 2. The molecule has 1 fully saturated rings. The normalized spacial score (nSPS) is 19.3. The number of para-hydroxylation sites is 1. The van der Waals surface area contributed by atoms with E-state index in [1.165, 1.54) is 23.2 Å². The molecule has 0 unspecified atom stereocenters. The van der Waals surface area contributed by atoms with E-state index in [0.29, 0.717) is 5.75 Å². The van der Waals surface area contributed by atoms with Crippen molar-refractivity contribution < 1.29 is 19.4 Å². The van der Waals surface area contributed by atoms with Gasteiger partial charge in [-0.05, 0) is 18.2 Å². The number of benzene rings is 1. The fourth-order valence-corrected chi connectivity index (χ4v) is 2.84. The third kappa shape index (κ3) is 3.92. The zero-order chi connectivity index (χ0) is 18.7. The van der Waals surface area contributed by atoms with E-state index in [1.807, 2.05) is 18.2 Å². The van der Waals surface area contributed by atoms with Crippen LogP contribution in [-0.2, 0) is 11.3 Å². The van der Waals surface area contributed by atoms with E-state index in [9.17, 15) is 19.5 Å². The fourth-order valence-electron chi connectivity index (χ4n) is 2.84. The number of carbonyl (C=O) groups is 2. The Morgan fingerprint density at radius 1 is 1.15 bits per heavy atom. The van der Waals surface area contributed by atoms with Crippen molar-refractivity contribution >= 4 is 11.8 Å². The first kappa shape index (κ1) is 17.7. The number of nitrogens with two attached hydrogens (primary N) is 1. The Balaban J connectivity index is 1.72. The van der Waals surface area contributed by atoms with Crippen molar-refractivity contribution in [3.8, 4) is 5.75 Å². The van der Waals surface area contributed by atoms with Crippen molar-refractivity contribution in [3.05, 3.63) is 64.6 Å². The average molecular weight is 357 g/mol. The van der Waals surface area contributed by atoms with Gasteiger partial charge < -0.3 is 25.0 Å². The first-order valence-corrected chi connectivity index (χ1v) is 8.12. The highest BCUT2D eigenvalue weighted by atomic mass is 16.5. The highest BCUT2D eigenvalue weighted by molar-refractivity contribution is 5.94. The number of aliphatic hydroxyl groups excluding tert-OH is 1. The lowest BCUT2D eigenvalue weighted by atomic mass is 10.2. The van der Waals surface area contributed by atoms with Gasteiger partial charge in [-0.2, -0.15) is 0 Å². The average Bonchev–Trinajstić information content (AvgIpc) is 2.97. The number of carbonyl (C=O) groups excluding carboxylic acids is 2. The van der Waals surface area contributed by atoms with Gasteiger partial charge in [0.15, 0.2) is 0 Å². The molecule has 26 heavy (non-hydrogen) atoms. The summed E-state index contributed by atoms with van der Waals surface area (Å²) in [5.41, 5.74) is 4.92. The van der Waals surface area contributed by atoms with Gasteiger partial charge in [-0.3, -0.25) is 14.4 Å². The Hall–Kier alpha value is -3.13. The predicted octanol–water partition coefficient (Wildman–Crippen LogP) is -0.402. The van der Waals surface area contributed by atoms with Gasteiger partial charge in [0.2, 0.25) is 5.91 Å². The molecule has 1 aromatic heterocycles. The summed E-state index contributed by atoms with van der Waals surface area (Å²) in [5.74, 6) is -0.424. The van der Waals surface area contributed by atoms with Gasteiger partial charge in [-0.25, -0.2) is 0 Å². The van der Waals surface area contributed by atoms with Crippen molar-refractivity contribution in [1.29, 1.82) is 0 Å². The van der Waals surface area contributed by atoms with Gasteiger partial charge in [-0.15, -0.1) is 0 Å². The number of pyridine rings is 1. The molecule has 1 aliphatic rings. The molecule has 0 radical (unpaired) electrons. The Morgan fingerprint density at radius 3 is 2.58 bits per heavy atom. The number of primary amides is 1. The molecular formula is C18H19N3O5. The summed E-state index contributed by atoms with van der Waals surface area (Å²) in [7, 11) is 0. The number of hydrogen-bond acceptors (Lipinski definition) is 5. The molecule has 136 valence electrons. The van der Waals surface area contributed by atoms with Crippen LogP contribution in [0.5, 0.6) is 5.75 Å². The lowest BCUT2D eigenvalue weighted by Gasteiger charge is -2.17. The maximum Gasteiger partial charge on any atom is 0.255 e. The molecule has 2 aromatic rings. The molecule has 2 amide bonds. The van der Waals surface area contributed by atoms with Crippen LogP contribution in [0.4, 0.5) is 0 Å². The van der Waals surface area contributed by atoms with Crippen LogP contribution in [-0.4, -0.2) is 51.7 Å². The monoisotopic (exact) mass is 357 g/mol. The van der Waals surface area contributed by atoms with Gasteiger partial charge in [-0.1, -0.05) is 18.2 Å². The van der Waals surface area contributed by atoms with Crippen LogP contribution in [0.1, 0.15) is 10.4 Å². The van der Waals surface area contributed by atoms with Crippen LogP contribution in [0.25, 0.3) is 0 Å². The molecule has 2 atom stereocenters. The number of β-amino-alcohol motifs (C(OH)–C–C–N with tert-alkyl or cyclic N) is 1. The van der Waals surface area contributed by atoms with E-state index < -0.39 is 23.7 Å². The molecule has 0 saturated carbocycles. The SMILES string of the molecule is NC(=O)Cn1cc(C(=O)N2C[C@@H](O)[C@H](Oc3ccccc3)C2)ccc1=O. The summed E-state index contributed by atoms with van der Waals surface area (Å²) in [4.78, 5) is 36.9. The standard InChI is InChI=1S/C18H19N3O5/c19-16(23)11-20-8-12(6-7-17(20)24)18(25)21-9-14(22)15(10-21)26-13-4-2-1-3-5-13/h1-8,14-15,22H,9-11H2,(H2,19,23)/t14-,15-/m1/s1. The summed E-state index contributed by atoms with van der Waals surface area (Å²) < 4.78 is 6.82. The van der Waals surface area contributed by atoms with Gasteiger partial charge in [0.1, 0.15) is 24.5 Å². The highest BCUT2D eigenvalue weighted by Gasteiger charge is 2.36. The predicted molar refractivity (Wildman–Crippen MR) is 92.7 cm³/mol. The molecule has 8 nitrogen and oxygen atoms in total. The zero-order valence-corrected chi connectivity index (χ0v) is 13.9. The van der Waals surface area contributed by atoms with Gasteiger partial charge in [0.25, 0.3) is 11.5 Å². The maximum atomic E-state index is 12.7. The Labute approximate surface area is 149 Å². The lowest BCUT2D eigenvalue weighted by molar-refractivity contribution is -0.118. The number of rotatable bonds is 5. The molecular weight excluding hydrogens is 338 g/mol. The minimum absolute atomic E-state index is 0.116. The maximum absolute atomic E-state index is 12.7. The number of likely N-dealkylation sites (tertiary alicyclic amines) is 1. The minimum Gasteiger partial charge on any atom is -0.486 e. The molecule has 2 heterocycles. The van der Waals surface area contributed by atoms with Crippen LogP contribution >= 0.6 is 0 Å². The van der Waals surface area contributed by atoms with E-state index in [0.717, 1.165) is 4.57 Å². The molecule has 0 aliphatic carbocycles. The number of aliphatic hydroxyl groups is 1. The molecule has 0 bridgehead atoms. The van der Waals surface area contributed by atoms with Crippen molar-refractivity contribution in [2.45, 2.75) is 18.8 Å². The summed E-state index contributed by atoms with van der Waals surface area (Å²) in [6.45, 7) is 0.0252. The van der Waals surface area contributed by atoms with E-state index >= 15 is 0 Å². The van der Waals surface area contributed by atoms with E-state index in [2.05, 4.69) is 0 Å². The summed E-state index contributed by atoms with van der Waals surface area (Å²) >= 11 is 0. The summed E-state index contributed by atoms with van der Waals surface area (Å²) in [6, 6.07) is 11.6. The lowest BCUT2D eigenvalue weighted by Crippen LogP contribution is -2.33. The topological polar surface area (TPSA) is 115 Å². The second-order valence-electron chi connectivity index (χ2n) is 6.10. The van der Waals surface area contributed by atoms with Gasteiger partial charge in [0.05, 0.1) is 18.7 Å². The fraction of sp³-hybridized carbons (Fsp3) is 0.278. The molecule has 3 N–H and O–H groups in total. The molecule has 0 spiro atoms. The highest BCUT2D eigenvalue weighted by Crippen LogP contribution is 2.20. The molecule has 8 heteroatoms. The van der Waals surface area contributed by atoms with E-state index in [-0.39, 0.29) is 31.1 Å². The van der Waals surface area contributed by atoms with Crippen LogP contribution in [0.3, 0.4) is 0 Å².